The van der Waals surface area contributed by atoms with Crippen LogP contribution in [0.3, 0.4) is 0 Å². The van der Waals surface area contributed by atoms with Gasteiger partial charge in [-0.2, -0.15) is 0 Å². The summed E-state index contributed by atoms with van der Waals surface area (Å²) >= 11 is 1.10. The van der Waals surface area contributed by atoms with Crippen LogP contribution in [0.4, 0.5) is 5.13 Å². The van der Waals surface area contributed by atoms with E-state index in [1.54, 1.807) is 0 Å². The van der Waals surface area contributed by atoms with E-state index in [1.807, 2.05) is 0 Å². The molecular formula is C9H12N2O3S. The third-order valence-corrected chi connectivity index (χ3v) is 3.42. The van der Waals surface area contributed by atoms with Gasteiger partial charge in [0.25, 0.3) is 0 Å². The molecule has 3 N–H and O–H groups in total. The van der Waals surface area contributed by atoms with Crippen molar-refractivity contribution in [3.8, 4) is 0 Å². The van der Waals surface area contributed by atoms with Crippen molar-refractivity contribution in [2.45, 2.75) is 31.4 Å². The van der Waals surface area contributed by atoms with Crippen LogP contribution in [-0.2, 0) is 0 Å². The summed E-state index contributed by atoms with van der Waals surface area (Å²) in [5.41, 5.74) is 0. The fourth-order valence-electron chi connectivity index (χ4n) is 1.71. The number of carboxylic acids is 1. The summed E-state index contributed by atoms with van der Waals surface area (Å²) in [6, 6.07) is 0.0118. The molecule has 1 aromatic heterocycles. The fraction of sp³-hybridized carbons (Fsp3) is 0.556. The summed E-state index contributed by atoms with van der Waals surface area (Å²) in [7, 11) is 0. The number of aromatic carboxylic acids is 1. The van der Waals surface area contributed by atoms with E-state index in [2.05, 4.69) is 10.3 Å². The number of anilines is 1. The number of aliphatic hydroxyl groups excluding tert-OH is 1. The first kappa shape index (κ1) is 10.4. The van der Waals surface area contributed by atoms with Crippen molar-refractivity contribution in [3.05, 3.63) is 11.1 Å². The Hall–Kier alpha value is -1.14. The highest BCUT2D eigenvalue weighted by molar-refractivity contribution is 7.17. The van der Waals surface area contributed by atoms with Gasteiger partial charge in [0, 0.05) is 0 Å². The summed E-state index contributed by atoms with van der Waals surface area (Å²) in [6.07, 6.45) is 3.69. The second-order valence-corrected chi connectivity index (χ2v) is 4.61. The number of rotatable bonds is 3. The summed E-state index contributed by atoms with van der Waals surface area (Å²) in [5.74, 6) is -0.965. The van der Waals surface area contributed by atoms with Crippen molar-refractivity contribution in [3.63, 3.8) is 0 Å². The highest BCUT2D eigenvalue weighted by Gasteiger charge is 2.25. The molecule has 1 aromatic rings. The molecule has 82 valence electrons. The van der Waals surface area contributed by atoms with Gasteiger partial charge in [0.05, 0.1) is 18.3 Å². The van der Waals surface area contributed by atoms with Crippen molar-refractivity contribution in [2.24, 2.45) is 0 Å². The number of aliphatic hydroxyl groups is 1. The Morgan fingerprint density at radius 1 is 1.60 bits per heavy atom. The number of carboxylic acid groups (broad SMARTS) is 1. The molecule has 0 spiro atoms. The molecule has 5 nitrogen and oxygen atoms in total. The molecule has 1 fully saturated rings. The zero-order valence-electron chi connectivity index (χ0n) is 8.01. The normalized spacial score (nSPS) is 25.4. The largest absolute Gasteiger partial charge is 0.477 e. The smallest absolute Gasteiger partial charge is 0.347 e. The molecule has 1 aliphatic carbocycles. The maximum Gasteiger partial charge on any atom is 0.347 e. The molecule has 0 aromatic carbocycles. The van der Waals surface area contributed by atoms with Gasteiger partial charge in [-0.15, -0.1) is 0 Å². The van der Waals surface area contributed by atoms with E-state index >= 15 is 0 Å². The minimum atomic E-state index is -0.965. The van der Waals surface area contributed by atoms with E-state index in [-0.39, 0.29) is 17.0 Å². The third kappa shape index (κ3) is 2.27. The van der Waals surface area contributed by atoms with Crippen LogP contribution in [0.25, 0.3) is 0 Å². The van der Waals surface area contributed by atoms with Crippen molar-refractivity contribution in [2.75, 3.05) is 5.32 Å². The molecule has 0 radical (unpaired) electrons. The average molecular weight is 228 g/mol. The lowest BCUT2D eigenvalue weighted by molar-refractivity contribution is 0.0702. The van der Waals surface area contributed by atoms with Gasteiger partial charge in [-0.25, -0.2) is 9.78 Å². The molecule has 0 saturated heterocycles. The van der Waals surface area contributed by atoms with Crippen molar-refractivity contribution < 1.29 is 15.0 Å². The van der Waals surface area contributed by atoms with E-state index < -0.39 is 5.97 Å². The highest BCUT2D eigenvalue weighted by Crippen LogP contribution is 2.25. The van der Waals surface area contributed by atoms with Gasteiger partial charge < -0.3 is 15.5 Å². The SMILES string of the molecule is O=C(O)c1cnc(NC2CCCC2O)s1. The van der Waals surface area contributed by atoms with Crippen LogP contribution in [0.1, 0.15) is 28.9 Å². The predicted molar refractivity (Wildman–Crippen MR) is 56.3 cm³/mol. The Labute approximate surface area is 90.8 Å². The zero-order chi connectivity index (χ0) is 10.8. The van der Waals surface area contributed by atoms with E-state index in [0.29, 0.717) is 5.13 Å². The Morgan fingerprint density at radius 2 is 2.40 bits per heavy atom. The molecule has 0 aliphatic heterocycles. The summed E-state index contributed by atoms with van der Waals surface area (Å²) in [6.45, 7) is 0. The monoisotopic (exact) mass is 228 g/mol. The van der Waals surface area contributed by atoms with Gasteiger partial charge in [-0.05, 0) is 19.3 Å². The highest BCUT2D eigenvalue weighted by atomic mass is 32.1. The van der Waals surface area contributed by atoms with E-state index in [9.17, 15) is 9.90 Å². The van der Waals surface area contributed by atoms with Crippen molar-refractivity contribution in [1.82, 2.24) is 4.98 Å². The van der Waals surface area contributed by atoms with Gasteiger partial charge in [-0.1, -0.05) is 11.3 Å². The summed E-state index contributed by atoms with van der Waals surface area (Å²) < 4.78 is 0. The topological polar surface area (TPSA) is 82.5 Å². The average Bonchev–Trinajstić information content (AvgIpc) is 2.77. The number of nitrogens with zero attached hydrogens (tertiary/aromatic N) is 1. The van der Waals surface area contributed by atoms with Gasteiger partial charge in [0.2, 0.25) is 0 Å². The maximum absolute atomic E-state index is 10.6. The minimum absolute atomic E-state index is 0.0118. The lowest BCUT2D eigenvalue weighted by Crippen LogP contribution is -2.27. The first-order valence-corrected chi connectivity index (χ1v) is 5.62. The summed E-state index contributed by atoms with van der Waals surface area (Å²) in [5, 5.41) is 21.9. The second-order valence-electron chi connectivity index (χ2n) is 3.58. The molecule has 1 heterocycles. The Kier molecular flexibility index (Phi) is 2.88. The number of hydrogen-bond donors (Lipinski definition) is 3. The Balaban J connectivity index is 2.01. The van der Waals surface area contributed by atoms with Crippen LogP contribution in [0, 0.1) is 0 Å². The van der Waals surface area contributed by atoms with Gasteiger partial charge in [-0.3, -0.25) is 0 Å². The first-order valence-electron chi connectivity index (χ1n) is 4.80. The number of carbonyl (C=O) groups is 1. The van der Waals surface area contributed by atoms with Gasteiger partial charge in [0.15, 0.2) is 5.13 Å². The van der Waals surface area contributed by atoms with E-state index in [4.69, 9.17) is 5.11 Å². The number of aromatic nitrogens is 1. The molecule has 2 atom stereocenters. The van der Waals surface area contributed by atoms with Crippen molar-refractivity contribution >= 4 is 22.4 Å². The molecule has 1 aliphatic rings. The zero-order valence-corrected chi connectivity index (χ0v) is 8.83. The molecule has 6 heteroatoms. The molecule has 0 bridgehead atoms. The van der Waals surface area contributed by atoms with Crippen LogP contribution in [0.2, 0.25) is 0 Å². The predicted octanol–water partition coefficient (Wildman–Crippen LogP) is 1.17. The first-order chi connectivity index (χ1) is 7.16. The maximum atomic E-state index is 10.6. The molecule has 1 saturated carbocycles. The Bertz CT molecular complexity index is 366. The molecular weight excluding hydrogens is 216 g/mol. The fourth-order valence-corrected chi connectivity index (χ4v) is 2.42. The van der Waals surface area contributed by atoms with Crippen LogP contribution >= 0.6 is 11.3 Å². The Morgan fingerprint density at radius 3 is 2.93 bits per heavy atom. The molecule has 0 amide bonds. The quantitative estimate of drug-likeness (QED) is 0.723. The van der Waals surface area contributed by atoms with Crippen molar-refractivity contribution in [1.29, 1.82) is 0 Å². The van der Waals surface area contributed by atoms with Crippen LogP contribution < -0.4 is 5.32 Å². The lowest BCUT2D eigenvalue weighted by atomic mass is 10.2. The standard InChI is InChI=1S/C9H12N2O3S/c12-6-3-1-2-5(6)11-9-10-4-7(15-9)8(13)14/h4-6,12H,1-3H2,(H,10,11)(H,13,14). The molecule has 15 heavy (non-hydrogen) atoms. The number of nitrogens with one attached hydrogen (secondary N) is 1. The van der Waals surface area contributed by atoms with E-state index in [1.165, 1.54) is 6.20 Å². The number of thiazole rings is 1. The van der Waals surface area contributed by atoms with Gasteiger partial charge in [0.1, 0.15) is 4.88 Å². The van der Waals surface area contributed by atoms with Crippen LogP contribution in [-0.4, -0.2) is 33.3 Å². The lowest BCUT2D eigenvalue weighted by Gasteiger charge is -2.14. The van der Waals surface area contributed by atoms with E-state index in [0.717, 1.165) is 30.6 Å². The molecule has 2 unspecified atom stereocenters. The molecule has 2 rings (SSSR count). The number of hydrogen-bond acceptors (Lipinski definition) is 5. The van der Waals surface area contributed by atoms with Crippen LogP contribution in [0.5, 0.6) is 0 Å². The van der Waals surface area contributed by atoms with Crippen LogP contribution in [0.15, 0.2) is 6.20 Å². The second kappa shape index (κ2) is 4.16. The minimum Gasteiger partial charge on any atom is -0.477 e. The summed E-state index contributed by atoms with van der Waals surface area (Å²) in [4.78, 5) is 14.8. The van der Waals surface area contributed by atoms with Gasteiger partial charge >= 0.3 is 5.97 Å². The third-order valence-electron chi connectivity index (χ3n) is 2.50.